The lowest BCUT2D eigenvalue weighted by Crippen LogP contribution is -2.46. The Morgan fingerprint density at radius 1 is 1.27 bits per heavy atom. The minimum Gasteiger partial charge on any atom is -0.352 e. The number of likely N-dealkylation sites (tertiary alicyclic amines) is 1. The summed E-state index contributed by atoms with van der Waals surface area (Å²) in [6, 6.07) is 6.69. The van der Waals surface area contributed by atoms with Crippen molar-refractivity contribution in [3.8, 4) is 0 Å². The molecular weight excluding hydrogens is 360 g/mol. The number of hydrogen-bond acceptors (Lipinski definition) is 3. The summed E-state index contributed by atoms with van der Waals surface area (Å²) in [7, 11) is 0. The van der Waals surface area contributed by atoms with Gasteiger partial charge in [-0.05, 0) is 36.4 Å². The van der Waals surface area contributed by atoms with Crippen molar-refractivity contribution in [1.82, 2.24) is 10.2 Å². The first-order valence-corrected chi connectivity index (χ1v) is 9.22. The number of nitrogens with zero attached hydrogens (tertiary/aromatic N) is 1. The number of nitrogens with one attached hydrogen (secondary N) is 2. The molecule has 138 valence electrons. The SMILES string of the molecule is O=C(NCc1ccc(F)cc1F)C1CCCN(C(=O)Nc2cccs2)C1. The van der Waals surface area contributed by atoms with Gasteiger partial charge in [0.1, 0.15) is 11.6 Å². The number of rotatable bonds is 4. The molecule has 1 aromatic carbocycles. The largest absolute Gasteiger partial charge is 0.352 e. The lowest BCUT2D eigenvalue weighted by atomic mass is 9.97. The molecule has 2 aromatic rings. The van der Waals surface area contributed by atoms with Crippen LogP contribution >= 0.6 is 11.3 Å². The van der Waals surface area contributed by atoms with E-state index in [1.807, 2.05) is 17.5 Å². The Balaban J connectivity index is 1.53. The van der Waals surface area contributed by atoms with Crippen molar-refractivity contribution in [2.75, 3.05) is 18.4 Å². The van der Waals surface area contributed by atoms with Crippen molar-refractivity contribution in [3.63, 3.8) is 0 Å². The van der Waals surface area contributed by atoms with E-state index in [4.69, 9.17) is 0 Å². The predicted octanol–water partition coefficient (Wildman–Crippen LogP) is 3.59. The van der Waals surface area contributed by atoms with E-state index in [0.29, 0.717) is 19.5 Å². The zero-order valence-electron chi connectivity index (χ0n) is 14.0. The van der Waals surface area contributed by atoms with Crippen molar-refractivity contribution in [2.24, 2.45) is 5.92 Å². The number of carbonyl (C=O) groups is 2. The van der Waals surface area contributed by atoms with E-state index in [1.165, 1.54) is 17.4 Å². The van der Waals surface area contributed by atoms with Crippen LogP contribution in [-0.4, -0.2) is 29.9 Å². The highest BCUT2D eigenvalue weighted by Gasteiger charge is 2.28. The van der Waals surface area contributed by atoms with E-state index in [2.05, 4.69) is 10.6 Å². The third-order valence-electron chi connectivity index (χ3n) is 4.30. The van der Waals surface area contributed by atoms with Crippen LogP contribution in [0, 0.1) is 17.6 Å². The smallest absolute Gasteiger partial charge is 0.322 e. The van der Waals surface area contributed by atoms with E-state index in [9.17, 15) is 18.4 Å². The van der Waals surface area contributed by atoms with Crippen LogP contribution < -0.4 is 10.6 Å². The molecule has 5 nitrogen and oxygen atoms in total. The molecule has 0 radical (unpaired) electrons. The summed E-state index contributed by atoms with van der Waals surface area (Å²) in [6.07, 6.45) is 1.39. The van der Waals surface area contributed by atoms with Gasteiger partial charge >= 0.3 is 6.03 Å². The number of halogens is 2. The average molecular weight is 379 g/mol. The number of piperidine rings is 1. The molecule has 1 aliphatic rings. The lowest BCUT2D eigenvalue weighted by molar-refractivity contribution is -0.126. The first kappa shape index (κ1) is 18.3. The molecule has 1 unspecified atom stereocenters. The maximum absolute atomic E-state index is 13.6. The van der Waals surface area contributed by atoms with E-state index < -0.39 is 11.6 Å². The molecule has 8 heteroatoms. The Labute approximate surface area is 154 Å². The van der Waals surface area contributed by atoms with Gasteiger partial charge in [0.25, 0.3) is 0 Å². The number of hydrogen-bond donors (Lipinski definition) is 2. The summed E-state index contributed by atoms with van der Waals surface area (Å²) in [5.74, 6) is -1.92. The van der Waals surface area contributed by atoms with Crippen LogP contribution in [0.3, 0.4) is 0 Å². The fraction of sp³-hybridized carbons (Fsp3) is 0.333. The van der Waals surface area contributed by atoms with E-state index in [1.54, 1.807) is 4.90 Å². The van der Waals surface area contributed by atoms with Crippen LogP contribution in [-0.2, 0) is 11.3 Å². The minimum atomic E-state index is -0.689. The second kappa shape index (κ2) is 8.27. The fourth-order valence-corrected chi connectivity index (χ4v) is 3.51. The van der Waals surface area contributed by atoms with Gasteiger partial charge in [-0.15, -0.1) is 11.3 Å². The minimum absolute atomic E-state index is 0.0111. The highest BCUT2D eigenvalue weighted by Crippen LogP contribution is 2.20. The average Bonchev–Trinajstić information content (AvgIpc) is 3.14. The summed E-state index contributed by atoms with van der Waals surface area (Å²) >= 11 is 1.43. The van der Waals surface area contributed by atoms with Crippen LogP contribution in [0.1, 0.15) is 18.4 Å². The molecule has 26 heavy (non-hydrogen) atoms. The predicted molar refractivity (Wildman–Crippen MR) is 95.8 cm³/mol. The molecule has 0 aliphatic carbocycles. The zero-order valence-corrected chi connectivity index (χ0v) is 14.8. The van der Waals surface area contributed by atoms with Crippen molar-refractivity contribution < 1.29 is 18.4 Å². The van der Waals surface area contributed by atoms with Crippen LogP contribution in [0.25, 0.3) is 0 Å². The molecular formula is C18H19F2N3O2S. The second-order valence-corrected chi connectivity index (χ2v) is 7.09. The molecule has 1 atom stereocenters. The van der Waals surface area contributed by atoms with Crippen molar-refractivity contribution in [2.45, 2.75) is 19.4 Å². The molecule has 3 amide bonds. The number of urea groups is 1. The van der Waals surface area contributed by atoms with Gasteiger partial charge in [-0.3, -0.25) is 10.1 Å². The Morgan fingerprint density at radius 3 is 2.85 bits per heavy atom. The summed E-state index contributed by atoms with van der Waals surface area (Å²) in [4.78, 5) is 26.3. The van der Waals surface area contributed by atoms with Crippen LogP contribution in [0.5, 0.6) is 0 Å². The van der Waals surface area contributed by atoms with Crippen LogP contribution in [0.15, 0.2) is 35.7 Å². The fourth-order valence-electron chi connectivity index (χ4n) is 2.90. The maximum atomic E-state index is 13.6. The molecule has 1 aromatic heterocycles. The topological polar surface area (TPSA) is 61.4 Å². The Bertz CT molecular complexity index is 783. The third kappa shape index (κ3) is 4.57. The lowest BCUT2D eigenvalue weighted by Gasteiger charge is -2.31. The number of carbonyl (C=O) groups excluding carboxylic acids is 2. The Morgan fingerprint density at radius 2 is 2.12 bits per heavy atom. The van der Waals surface area contributed by atoms with Gasteiger partial charge in [-0.25, -0.2) is 13.6 Å². The van der Waals surface area contributed by atoms with Gasteiger partial charge in [0.15, 0.2) is 0 Å². The highest BCUT2D eigenvalue weighted by molar-refractivity contribution is 7.14. The molecule has 1 aliphatic heterocycles. The molecule has 2 N–H and O–H groups in total. The van der Waals surface area contributed by atoms with Gasteiger partial charge < -0.3 is 10.2 Å². The monoisotopic (exact) mass is 379 g/mol. The quantitative estimate of drug-likeness (QED) is 0.853. The van der Waals surface area contributed by atoms with Gasteiger partial charge in [0.2, 0.25) is 5.91 Å². The number of benzene rings is 1. The van der Waals surface area contributed by atoms with Crippen molar-refractivity contribution in [3.05, 3.63) is 52.9 Å². The van der Waals surface area contributed by atoms with Crippen LogP contribution in [0.2, 0.25) is 0 Å². The Kier molecular flexibility index (Phi) is 5.82. The van der Waals surface area contributed by atoms with E-state index in [0.717, 1.165) is 23.6 Å². The maximum Gasteiger partial charge on any atom is 0.322 e. The number of amides is 3. The van der Waals surface area contributed by atoms with Gasteiger partial charge in [-0.2, -0.15) is 0 Å². The van der Waals surface area contributed by atoms with E-state index in [-0.39, 0.29) is 30.0 Å². The molecule has 3 rings (SSSR count). The Hall–Kier alpha value is -2.48. The standard InChI is InChI=1S/C18H19F2N3O2S/c19-14-6-5-12(15(20)9-14)10-21-17(24)13-3-1-7-23(11-13)18(25)22-16-4-2-8-26-16/h2,4-6,8-9,13H,1,3,7,10-11H2,(H,21,24)(H,22,25). The van der Waals surface area contributed by atoms with Gasteiger partial charge in [-0.1, -0.05) is 6.07 Å². The van der Waals surface area contributed by atoms with Crippen molar-refractivity contribution >= 4 is 28.3 Å². The first-order valence-electron chi connectivity index (χ1n) is 8.34. The number of anilines is 1. The molecule has 1 fully saturated rings. The molecule has 0 spiro atoms. The summed E-state index contributed by atoms with van der Waals surface area (Å²) in [5.41, 5.74) is 0.225. The third-order valence-corrected chi connectivity index (χ3v) is 5.08. The van der Waals surface area contributed by atoms with Crippen LogP contribution in [0.4, 0.5) is 18.6 Å². The second-order valence-electron chi connectivity index (χ2n) is 6.15. The van der Waals surface area contributed by atoms with Crippen molar-refractivity contribution in [1.29, 1.82) is 0 Å². The number of thiophene rings is 1. The van der Waals surface area contributed by atoms with E-state index >= 15 is 0 Å². The van der Waals surface area contributed by atoms with Gasteiger partial charge in [0.05, 0.1) is 10.9 Å². The summed E-state index contributed by atoms with van der Waals surface area (Å²) in [6.45, 7) is 0.894. The summed E-state index contributed by atoms with van der Waals surface area (Å²) in [5, 5.41) is 8.12. The molecule has 2 heterocycles. The highest BCUT2D eigenvalue weighted by atomic mass is 32.1. The normalized spacial score (nSPS) is 17.0. The molecule has 0 bridgehead atoms. The zero-order chi connectivity index (χ0) is 18.5. The molecule has 0 saturated carbocycles. The van der Waals surface area contributed by atoms with Gasteiger partial charge in [0, 0.05) is 31.3 Å². The molecule has 1 saturated heterocycles. The first-order chi connectivity index (χ1) is 12.5. The summed E-state index contributed by atoms with van der Waals surface area (Å²) < 4.78 is 26.6.